The second-order valence-electron chi connectivity index (χ2n) is 12.2. The normalized spacial score (nSPS) is 17.6. The Morgan fingerprint density at radius 1 is 1.00 bits per heavy atom. The minimum absolute atomic E-state index is 0.0850. The molecule has 1 aliphatic heterocycles. The van der Waals surface area contributed by atoms with Gasteiger partial charge in [0.2, 0.25) is 24.7 Å². The monoisotopic (exact) mass is 724 g/mol. The van der Waals surface area contributed by atoms with Crippen LogP contribution < -0.4 is 16.0 Å². The number of carbonyl (C=O) groups is 3. The number of amides is 3. The van der Waals surface area contributed by atoms with Crippen molar-refractivity contribution in [3.63, 3.8) is 0 Å². The highest BCUT2D eigenvalue weighted by atomic mass is 31.2. The van der Waals surface area contributed by atoms with Gasteiger partial charge < -0.3 is 39.9 Å². The van der Waals surface area contributed by atoms with Gasteiger partial charge in [-0.25, -0.2) is 4.98 Å². The van der Waals surface area contributed by atoms with Crippen molar-refractivity contribution in [1.29, 1.82) is 0 Å². The fourth-order valence-corrected chi connectivity index (χ4v) is 8.59. The Labute approximate surface area is 286 Å². The van der Waals surface area contributed by atoms with Gasteiger partial charge in [-0.2, -0.15) is 0 Å². The summed E-state index contributed by atoms with van der Waals surface area (Å²) in [5.41, 5.74) is -1.20. The quantitative estimate of drug-likeness (QED) is 0.100. The molecule has 3 rings (SSSR count). The molecule has 2 unspecified atom stereocenters. The number of rotatable bonds is 17. The molecule has 6 N–H and O–H groups in total. The molecule has 1 fully saturated rings. The van der Waals surface area contributed by atoms with Gasteiger partial charge in [-0.1, -0.05) is 51.1 Å². The largest absolute Gasteiger partial charge is 0.480 e. The molecule has 0 saturated carbocycles. The lowest BCUT2D eigenvalue weighted by Gasteiger charge is -2.32. The average molecular weight is 724 g/mol. The van der Waals surface area contributed by atoms with E-state index in [1.807, 2.05) is 49.1 Å². The van der Waals surface area contributed by atoms with Crippen LogP contribution in [0, 0.1) is 5.92 Å². The maximum absolute atomic E-state index is 13.7. The van der Waals surface area contributed by atoms with E-state index in [2.05, 4.69) is 25.9 Å². The molecule has 0 radical (unpaired) electrons. The first kappa shape index (κ1) is 40.4. The first-order valence-electron chi connectivity index (χ1n) is 16.2. The Morgan fingerprint density at radius 3 is 2.24 bits per heavy atom. The lowest BCUT2D eigenvalue weighted by atomic mass is 9.73. The van der Waals surface area contributed by atoms with Crippen LogP contribution in [0.4, 0.5) is 0 Å². The predicted molar refractivity (Wildman–Crippen MR) is 182 cm³/mol. The van der Waals surface area contributed by atoms with Gasteiger partial charge in [0, 0.05) is 57.7 Å². The van der Waals surface area contributed by atoms with E-state index in [4.69, 9.17) is 9.31 Å². The molecule has 1 aromatic heterocycles. The van der Waals surface area contributed by atoms with Crippen molar-refractivity contribution in [2.24, 2.45) is 5.92 Å². The smallest absolute Gasteiger partial charge is 0.408 e. The molecule has 270 valence electrons. The molecule has 19 heteroatoms. The summed E-state index contributed by atoms with van der Waals surface area (Å²) in [5, 5.41) is 7.89. The summed E-state index contributed by atoms with van der Waals surface area (Å²) < 4.78 is 36.1. The van der Waals surface area contributed by atoms with Gasteiger partial charge in [0.25, 0.3) is 5.91 Å². The molecule has 1 aromatic carbocycles. The molecule has 0 spiro atoms. The average Bonchev–Trinajstić information content (AvgIpc) is 3.04. The van der Waals surface area contributed by atoms with Crippen LogP contribution in [-0.4, -0.2) is 111 Å². The minimum atomic E-state index is -5.05. The molecule has 49 heavy (non-hydrogen) atoms. The van der Waals surface area contributed by atoms with E-state index in [-0.39, 0.29) is 37.7 Å². The summed E-state index contributed by atoms with van der Waals surface area (Å²) in [6.45, 7) is 7.27. The summed E-state index contributed by atoms with van der Waals surface area (Å²) in [6.07, 6.45) is 4.78. The van der Waals surface area contributed by atoms with Gasteiger partial charge in [0.15, 0.2) is 0 Å². The zero-order valence-electron chi connectivity index (χ0n) is 28.0. The Kier molecular flexibility index (Phi) is 16.0. The highest BCUT2D eigenvalue weighted by molar-refractivity contribution is 7.73. The van der Waals surface area contributed by atoms with Crippen molar-refractivity contribution in [2.45, 2.75) is 64.0 Å². The van der Waals surface area contributed by atoms with Gasteiger partial charge in [0.1, 0.15) is 11.7 Å². The van der Waals surface area contributed by atoms with E-state index in [0.717, 1.165) is 5.56 Å². The third-order valence-corrected chi connectivity index (χ3v) is 12.3. The molecule has 0 bridgehead atoms. The van der Waals surface area contributed by atoms with Gasteiger partial charge in [0.05, 0.1) is 12.1 Å². The van der Waals surface area contributed by atoms with E-state index < -0.39 is 63.5 Å². The highest BCUT2D eigenvalue weighted by Gasteiger charge is 2.44. The van der Waals surface area contributed by atoms with E-state index in [1.165, 1.54) is 25.5 Å². The Bertz CT molecular complexity index is 1450. The van der Waals surface area contributed by atoms with E-state index in [9.17, 15) is 38.2 Å². The number of hydrogen-bond acceptors (Lipinski definition) is 10. The number of benzene rings is 1. The Balaban J connectivity index is 1.58. The molecular formula is C30H47BN6O10P2. The minimum Gasteiger partial charge on any atom is -0.408 e. The van der Waals surface area contributed by atoms with Crippen LogP contribution in [0.3, 0.4) is 0 Å². The first-order valence-corrected chi connectivity index (χ1v) is 19.8. The number of nitrogens with zero attached hydrogens (tertiary/aromatic N) is 3. The van der Waals surface area contributed by atoms with Crippen molar-refractivity contribution < 1.29 is 47.5 Å². The number of hydrogen-bond donors (Lipinski definition) is 6. The van der Waals surface area contributed by atoms with Crippen molar-refractivity contribution in [1.82, 2.24) is 30.8 Å². The van der Waals surface area contributed by atoms with Crippen LogP contribution in [-0.2, 0) is 34.4 Å². The Morgan fingerprint density at radius 2 is 1.67 bits per heavy atom. The van der Waals surface area contributed by atoms with E-state index >= 15 is 0 Å². The van der Waals surface area contributed by atoms with E-state index in [0.29, 0.717) is 32.5 Å². The lowest BCUT2D eigenvalue weighted by molar-refractivity contribution is -0.123. The van der Waals surface area contributed by atoms with Crippen LogP contribution in [0.5, 0.6) is 0 Å². The molecule has 1 saturated heterocycles. The fraction of sp³-hybridized carbons (Fsp3) is 0.567. The van der Waals surface area contributed by atoms with Crippen molar-refractivity contribution >= 4 is 39.8 Å². The molecule has 2 aromatic rings. The molecular weight excluding hydrogens is 677 g/mol. The van der Waals surface area contributed by atoms with Crippen molar-refractivity contribution in [3.05, 3.63) is 60.2 Å². The zero-order valence-corrected chi connectivity index (χ0v) is 29.8. The molecule has 2 heterocycles. The van der Waals surface area contributed by atoms with Gasteiger partial charge in [-0.15, -0.1) is 0 Å². The molecule has 0 aliphatic carbocycles. The number of carbonyl (C=O) groups excluding carboxylic acids is 3. The van der Waals surface area contributed by atoms with Crippen molar-refractivity contribution in [2.75, 3.05) is 39.0 Å². The van der Waals surface area contributed by atoms with Crippen LogP contribution >= 0.6 is 15.0 Å². The van der Waals surface area contributed by atoms with Crippen LogP contribution in [0.15, 0.2) is 48.9 Å². The predicted octanol–water partition coefficient (Wildman–Crippen LogP) is 1.37. The molecule has 16 nitrogen and oxygen atoms in total. The summed E-state index contributed by atoms with van der Waals surface area (Å²) in [7, 11) is -10.1. The van der Waals surface area contributed by atoms with E-state index in [1.54, 1.807) is 0 Å². The van der Waals surface area contributed by atoms with Crippen LogP contribution in [0.25, 0.3) is 0 Å². The zero-order chi connectivity index (χ0) is 36.0. The summed E-state index contributed by atoms with van der Waals surface area (Å²) >= 11 is 0. The second-order valence-corrected chi connectivity index (χ2v) is 17.0. The first-order chi connectivity index (χ1) is 23.2. The Hall–Kier alpha value is -3.01. The summed E-state index contributed by atoms with van der Waals surface area (Å²) in [5.74, 6) is -2.02. The molecule has 1 aliphatic rings. The maximum atomic E-state index is 13.7. The van der Waals surface area contributed by atoms with Gasteiger partial charge in [-0.05, 0) is 30.9 Å². The SMILES string of the molecule is CCP(=O)(O)C(NC(=O)CCCN1CCOB([C@@H](CC(C)C)NC(=O)[C@@H](Cc2ccccc2)NC(=O)c2cnccn2)OCC1)P(=O)(O)O. The topological polar surface area (TPSA) is 230 Å². The van der Waals surface area contributed by atoms with Crippen molar-refractivity contribution in [3.8, 4) is 0 Å². The second kappa shape index (κ2) is 19.4. The molecule has 3 amide bonds. The van der Waals surface area contributed by atoms with Gasteiger partial charge in [-0.3, -0.25) is 33.4 Å². The third-order valence-electron chi connectivity index (χ3n) is 7.78. The number of aromatic nitrogens is 2. The number of nitrogens with one attached hydrogen (secondary N) is 3. The fourth-order valence-electron chi connectivity index (χ4n) is 5.22. The molecule has 4 atom stereocenters. The van der Waals surface area contributed by atoms with Gasteiger partial charge >= 0.3 is 14.7 Å². The highest BCUT2D eigenvalue weighted by Crippen LogP contribution is 2.60. The summed E-state index contributed by atoms with van der Waals surface area (Å²) in [6, 6.07) is 8.41. The van der Waals surface area contributed by atoms with Crippen LogP contribution in [0.1, 0.15) is 56.1 Å². The van der Waals surface area contributed by atoms with Crippen LogP contribution in [0.2, 0.25) is 0 Å². The standard InChI is InChI=1S/C30H47BN6O10P2/c1-4-48(41,42)30(49(43,44)45)36-27(38)11-8-14-37-15-17-46-31(47-18-16-37)26(19-22(2)3)35-28(39)24(20-23-9-6-5-7-10-23)34-29(40)25-21-32-12-13-33-25/h5-7,9-10,12-13,21-22,24,26,30H,4,8,11,14-20H2,1-3H3,(H,34,40)(H,35,39)(H,36,38)(H,41,42)(H2,43,44,45)/t24-,26-,30?/m1/s1. The third kappa shape index (κ3) is 13.7. The maximum Gasteiger partial charge on any atom is 0.480 e. The summed E-state index contributed by atoms with van der Waals surface area (Å²) in [4.78, 5) is 78.0. The lowest BCUT2D eigenvalue weighted by Crippen LogP contribution is -2.57.